The zero-order valence-corrected chi connectivity index (χ0v) is 17.1. The van der Waals surface area contributed by atoms with Crippen LogP contribution < -0.4 is 5.32 Å². The molecule has 27 heavy (non-hydrogen) atoms. The number of hydrogen-bond acceptors (Lipinski definition) is 4. The van der Waals surface area contributed by atoms with Crippen LogP contribution in [0.1, 0.15) is 51.4 Å². The van der Waals surface area contributed by atoms with E-state index in [4.69, 9.17) is 9.72 Å². The zero-order chi connectivity index (χ0) is 19.4. The number of aromatic nitrogens is 2. The highest BCUT2D eigenvalue weighted by Crippen LogP contribution is 2.48. The number of fused-ring (bicyclic) bond motifs is 1. The van der Waals surface area contributed by atoms with Gasteiger partial charge in [0.25, 0.3) is 0 Å². The number of nitrogens with zero attached hydrogens (tertiary/aromatic N) is 2. The van der Waals surface area contributed by atoms with E-state index >= 15 is 0 Å². The van der Waals surface area contributed by atoms with Crippen LogP contribution in [0.15, 0.2) is 24.5 Å². The van der Waals surface area contributed by atoms with Crippen molar-refractivity contribution < 1.29 is 9.53 Å². The number of Topliss-reactive ketones (excluding diaryl/α,β-unsaturated/α-hetero) is 1. The number of carbonyl (C=O) groups is 1. The molecule has 1 aliphatic carbocycles. The van der Waals surface area contributed by atoms with E-state index in [1.165, 1.54) is 36.2 Å². The molecule has 2 aromatic rings. The molecule has 5 nitrogen and oxygen atoms in total. The predicted octanol–water partition coefficient (Wildman–Crippen LogP) is 3.53. The van der Waals surface area contributed by atoms with Crippen LogP contribution in [-0.2, 0) is 14.9 Å². The second-order valence-electron chi connectivity index (χ2n) is 8.28. The molecule has 0 radical (unpaired) electrons. The van der Waals surface area contributed by atoms with Crippen LogP contribution in [0, 0.1) is 18.8 Å². The molecule has 0 amide bonds. The lowest BCUT2D eigenvalue weighted by molar-refractivity contribution is -0.121. The van der Waals surface area contributed by atoms with Crippen LogP contribution in [-0.4, -0.2) is 41.5 Å². The summed E-state index contributed by atoms with van der Waals surface area (Å²) in [6.45, 7) is 11.4. The van der Waals surface area contributed by atoms with Crippen molar-refractivity contribution in [2.45, 2.75) is 52.4 Å². The fourth-order valence-electron chi connectivity index (χ4n) is 4.11. The van der Waals surface area contributed by atoms with Crippen molar-refractivity contribution in [1.29, 1.82) is 0 Å². The molecule has 2 aromatic heterocycles. The summed E-state index contributed by atoms with van der Waals surface area (Å²) in [5, 5.41) is 3.13. The van der Waals surface area contributed by atoms with E-state index < -0.39 is 0 Å². The summed E-state index contributed by atoms with van der Waals surface area (Å²) in [5.41, 5.74) is 2.89. The third kappa shape index (κ3) is 4.09. The van der Waals surface area contributed by atoms with Crippen LogP contribution in [0.4, 0.5) is 0 Å². The fourth-order valence-corrected chi connectivity index (χ4v) is 4.11. The molecule has 0 aromatic carbocycles. The third-order valence-corrected chi connectivity index (χ3v) is 6.29. The van der Waals surface area contributed by atoms with Crippen molar-refractivity contribution in [3.05, 3.63) is 35.9 Å². The third-order valence-electron chi connectivity index (χ3n) is 6.29. The second kappa shape index (κ2) is 8.53. The molecule has 1 unspecified atom stereocenters. The number of carbonyl (C=O) groups excluding carboxylic acids is 1. The summed E-state index contributed by atoms with van der Waals surface area (Å²) in [7, 11) is 0. The van der Waals surface area contributed by atoms with Gasteiger partial charge in [0.05, 0.1) is 30.8 Å². The van der Waals surface area contributed by atoms with E-state index in [0.29, 0.717) is 17.9 Å². The van der Waals surface area contributed by atoms with E-state index in [1.807, 2.05) is 6.20 Å². The Morgan fingerprint density at radius 3 is 2.81 bits per heavy atom. The van der Waals surface area contributed by atoms with Crippen molar-refractivity contribution in [2.75, 3.05) is 26.3 Å². The lowest BCUT2D eigenvalue weighted by Crippen LogP contribution is -2.41. The molecule has 4 rings (SSSR count). The quantitative estimate of drug-likeness (QED) is 0.897. The van der Waals surface area contributed by atoms with E-state index in [2.05, 4.69) is 48.8 Å². The van der Waals surface area contributed by atoms with Gasteiger partial charge in [-0.25, -0.2) is 4.98 Å². The number of ketones is 1. The highest BCUT2D eigenvalue weighted by atomic mass is 16.5. The molecule has 3 heterocycles. The molecule has 0 bridgehead atoms. The van der Waals surface area contributed by atoms with E-state index in [-0.39, 0.29) is 11.7 Å². The number of nitrogens with one attached hydrogen (secondary N) is 1. The van der Waals surface area contributed by atoms with E-state index in [0.717, 1.165) is 19.7 Å². The molecule has 2 aliphatic rings. The summed E-state index contributed by atoms with van der Waals surface area (Å²) >= 11 is 0. The van der Waals surface area contributed by atoms with Crippen LogP contribution in [0.3, 0.4) is 0 Å². The molecule has 1 saturated heterocycles. The zero-order valence-electron chi connectivity index (χ0n) is 17.1. The van der Waals surface area contributed by atoms with Gasteiger partial charge in [-0.3, -0.25) is 4.79 Å². The predicted molar refractivity (Wildman–Crippen MR) is 108 cm³/mol. The van der Waals surface area contributed by atoms with Crippen LogP contribution in [0.5, 0.6) is 0 Å². The van der Waals surface area contributed by atoms with Crippen LogP contribution >= 0.6 is 0 Å². The van der Waals surface area contributed by atoms with Gasteiger partial charge >= 0.3 is 0 Å². The van der Waals surface area contributed by atoms with Gasteiger partial charge in [-0.1, -0.05) is 26.3 Å². The largest absolute Gasteiger partial charge is 0.379 e. The van der Waals surface area contributed by atoms with Gasteiger partial charge < -0.3 is 14.5 Å². The lowest BCUT2D eigenvalue weighted by atomic mass is 9.61. The Morgan fingerprint density at radius 2 is 2.19 bits per heavy atom. The molecule has 5 heteroatoms. The maximum Gasteiger partial charge on any atom is 0.136 e. The number of pyridine rings is 1. The Hall–Kier alpha value is -1.72. The summed E-state index contributed by atoms with van der Waals surface area (Å²) in [6, 6.07) is 4.28. The molecule has 148 valence electrons. The molecule has 1 N–H and O–H groups in total. The van der Waals surface area contributed by atoms with Gasteiger partial charge in [-0.2, -0.15) is 0 Å². The number of ether oxygens (including phenoxy) is 1. The summed E-state index contributed by atoms with van der Waals surface area (Å²) in [4.78, 5) is 15.6. The summed E-state index contributed by atoms with van der Waals surface area (Å²) < 4.78 is 7.49. The number of aryl methyl sites for hydroxylation is 1. The SMILES string of the molecule is CC(=O)C1CNCCOC1.Cc1cccn2c(C3(C(C)C)CCC3)ncc12. The Morgan fingerprint density at radius 1 is 1.41 bits per heavy atom. The number of hydrogen-bond donors (Lipinski definition) is 1. The number of imidazole rings is 1. The highest BCUT2D eigenvalue weighted by Gasteiger charge is 2.44. The van der Waals surface area contributed by atoms with E-state index in [9.17, 15) is 4.79 Å². The van der Waals surface area contributed by atoms with Gasteiger partial charge in [0.1, 0.15) is 11.6 Å². The normalized spacial score (nSPS) is 21.9. The Bertz CT molecular complexity index is 769. The van der Waals surface area contributed by atoms with Gasteiger partial charge in [-0.05, 0) is 44.2 Å². The van der Waals surface area contributed by atoms with E-state index in [1.54, 1.807) is 6.92 Å². The van der Waals surface area contributed by atoms with Gasteiger partial charge in [0.15, 0.2) is 0 Å². The van der Waals surface area contributed by atoms with Crippen molar-refractivity contribution >= 4 is 11.3 Å². The maximum atomic E-state index is 10.8. The summed E-state index contributed by atoms with van der Waals surface area (Å²) in [6.07, 6.45) is 8.12. The molecular formula is C22H33N3O2. The van der Waals surface area contributed by atoms with Crippen molar-refractivity contribution in [3.63, 3.8) is 0 Å². The average molecular weight is 372 g/mol. The van der Waals surface area contributed by atoms with Crippen molar-refractivity contribution in [2.24, 2.45) is 11.8 Å². The average Bonchev–Trinajstić information content (AvgIpc) is 2.84. The standard InChI is InChI=1S/C15H20N2.C7H13NO2/c1-11(2)15(7-5-8-15)14-16-10-13-12(3)6-4-9-17(13)14;1-6(9)7-4-8-2-3-10-5-7/h4,6,9-11H,5,7-8H2,1-3H3;7-8H,2-5H2,1H3. The Kier molecular flexibility index (Phi) is 6.33. The van der Waals surface area contributed by atoms with Crippen LogP contribution in [0.2, 0.25) is 0 Å². The first-order chi connectivity index (χ1) is 13.0. The minimum absolute atomic E-state index is 0.0718. The molecule has 1 atom stereocenters. The minimum Gasteiger partial charge on any atom is -0.379 e. The first-order valence-electron chi connectivity index (χ1n) is 10.2. The first kappa shape index (κ1) is 20.0. The summed E-state index contributed by atoms with van der Waals surface area (Å²) in [5.74, 6) is 2.23. The molecular weight excluding hydrogens is 338 g/mol. The van der Waals surface area contributed by atoms with Crippen molar-refractivity contribution in [3.8, 4) is 0 Å². The molecule has 1 aliphatic heterocycles. The van der Waals surface area contributed by atoms with Gasteiger partial charge in [-0.15, -0.1) is 0 Å². The fraction of sp³-hybridized carbons (Fsp3) is 0.636. The van der Waals surface area contributed by atoms with Gasteiger partial charge in [0.2, 0.25) is 0 Å². The molecule has 2 fully saturated rings. The lowest BCUT2D eigenvalue weighted by Gasteiger charge is -2.44. The first-order valence-corrected chi connectivity index (χ1v) is 10.2. The second-order valence-corrected chi connectivity index (χ2v) is 8.28. The topological polar surface area (TPSA) is 55.6 Å². The monoisotopic (exact) mass is 371 g/mol. The van der Waals surface area contributed by atoms with Gasteiger partial charge in [0, 0.05) is 24.7 Å². The highest BCUT2D eigenvalue weighted by molar-refractivity contribution is 5.78. The maximum absolute atomic E-state index is 10.8. The minimum atomic E-state index is 0.0718. The van der Waals surface area contributed by atoms with Crippen molar-refractivity contribution in [1.82, 2.24) is 14.7 Å². The molecule has 1 saturated carbocycles. The van der Waals surface area contributed by atoms with Crippen LogP contribution in [0.25, 0.3) is 5.52 Å². The Labute approximate surface area is 162 Å². The smallest absolute Gasteiger partial charge is 0.136 e. The number of rotatable bonds is 3. The Balaban J connectivity index is 0.000000180. The molecule has 0 spiro atoms.